The van der Waals surface area contributed by atoms with E-state index in [0.717, 1.165) is 11.5 Å². The van der Waals surface area contributed by atoms with Crippen molar-refractivity contribution in [2.75, 3.05) is 0 Å². The zero-order valence-electron chi connectivity index (χ0n) is 7.22. The third kappa shape index (κ3) is 2.72. The van der Waals surface area contributed by atoms with Gasteiger partial charge in [-0.1, -0.05) is 0 Å². The van der Waals surface area contributed by atoms with Gasteiger partial charge < -0.3 is 9.72 Å². The predicted molar refractivity (Wildman–Crippen MR) is 43.2 cm³/mol. The van der Waals surface area contributed by atoms with Crippen LogP contribution in [0.15, 0.2) is 6.20 Å². The van der Waals surface area contributed by atoms with Gasteiger partial charge in [-0.15, -0.1) is 0 Å². The number of nitrogens with zero attached hydrogens (tertiary/aromatic N) is 1. The number of hydrogen-bond acceptors (Lipinski definition) is 2. The van der Waals surface area contributed by atoms with E-state index in [0.29, 0.717) is 6.61 Å². The second-order valence-corrected chi connectivity index (χ2v) is 2.85. The van der Waals surface area contributed by atoms with Gasteiger partial charge in [0.05, 0.1) is 24.6 Å². The van der Waals surface area contributed by atoms with Crippen LogP contribution in [-0.4, -0.2) is 16.1 Å². The third-order valence-corrected chi connectivity index (χ3v) is 1.33. The molecule has 0 saturated carbocycles. The number of hydrogen-bond donors (Lipinski definition) is 1. The minimum atomic E-state index is 0.276. The summed E-state index contributed by atoms with van der Waals surface area (Å²) in [6.07, 6.45) is 2.08. The summed E-state index contributed by atoms with van der Waals surface area (Å²) in [5.41, 5.74) is 1.04. The monoisotopic (exact) mass is 154 g/mol. The second-order valence-electron chi connectivity index (χ2n) is 2.85. The van der Waals surface area contributed by atoms with Crippen LogP contribution >= 0.6 is 0 Å². The van der Waals surface area contributed by atoms with E-state index in [1.54, 1.807) is 6.20 Å². The summed E-state index contributed by atoms with van der Waals surface area (Å²) in [5.74, 6) is 0.937. The summed E-state index contributed by atoms with van der Waals surface area (Å²) in [7, 11) is 0. The number of aromatic amines is 1. The van der Waals surface area contributed by atoms with Gasteiger partial charge in [-0.3, -0.25) is 0 Å². The van der Waals surface area contributed by atoms with Crippen LogP contribution < -0.4 is 0 Å². The highest BCUT2D eigenvalue weighted by Gasteiger charge is 1.97. The Morgan fingerprint density at radius 1 is 1.64 bits per heavy atom. The van der Waals surface area contributed by atoms with Gasteiger partial charge in [0, 0.05) is 0 Å². The van der Waals surface area contributed by atoms with Crippen molar-refractivity contribution in [2.24, 2.45) is 0 Å². The molecule has 11 heavy (non-hydrogen) atoms. The third-order valence-electron chi connectivity index (χ3n) is 1.33. The number of aryl methyl sites for hydroxylation is 1. The van der Waals surface area contributed by atoms with Crippen molar-refractivity contribution in [3.8, 4) is 0 Å². The zero-order valence-corrected chi connectivity index (χ0v) is 7.22. The summed E-state index contributed by atoms with van der Waals surface area (Å²) < 4.78 is 5.37. The van der Waals surface area contributed by atoms with E-state index >= 15 is 0 Å². The lowest BCUT2D eigenvalue weighted by Crippen LogP contribution is -2.02. The molecule has 0 aromatic carbocycles. The number of ether oxygens (including phenoxy) is 1. The smallest absolute Gasteiger partial charge is 0.103 e. The quantitative estimate of drug-likeness (QED) is 0.718. The lowest BCUT2D eigenvalue weighted by atomic mass is 10.4. The molecule has 0 aliphatic rings. The van der Waals surface area contributed by atoms with Gasteiger partial charge in [-0.2, -0.15) is 0 Å². The molecule has 0 unspecified atom stereocenters. The van der Waals surface area contributed by atoms with Crippen LogP contribution in [0.3, 0.4) is 0 Å². The maximum atomic E-state index is 5.37. The van der Waals surface area contributed by atoms with Gasteiger partial charge >= 0.3 is 0 Å². The Morgan fingerprint density at radius 3 is 2.82 bits per heavy atom. The molecule has 3 nitrogen and oxygen atoms in total. The lowest BCUT2D eigenvalue weighted by Gasteiger charge is -2.04. The summed E-state index contributed by atoms with van der Waals surface area (Å²) in [5, 5.41) is 0. The van der Waals surface area contributed by atoms with Crippen molar-refractivity contribution in [2.45, 2.75) is 33.5 Å². The largest absolute Gasteiger partial charge is 0.373 e. The fourth-order valence-electron chi connectivity index (χ4n) is 0.801. The lowest BCUT2D eigenvalue weighted by molar-refractivity contribution is 0.0637. The molecule has 0 atom stereocenters. The molecule has 0 radical (unpaired) electrons. The van der Waals surface area contributed by atoms with Gasteiger partial charge in [-0.05, 0) is 20.8 Å². The summed E-state index contributed by atoms with van der Waals surface area (Å²) in [6, 6.07) is 0. The molecule has 1 N–H and O–H groups in total. The first-order chi connectivity index (χ1) is 5.18. The Hall–Kier alpha value is -0.830. The Morgan fingerprint density at radius 2 is 2.36 bits per heavy atom. The predicted octanol–water partition coefficient (Wildman–Crippen LogP) is 1.64. The molecule has 0 spiro atoms. The number of imidazole rings is 1. The van der Waals surface area contributed by atoms with Crippen LogP contribution in [-0.2, 0) is 11.3 Å². The van der Waals surface area contributed by atoms with Crippen LogP contribution in [0.5, 0.6) is 0 Å². The van der Waals surface area contributed by atoms with Crippen LogP contribution in [0.1, 0.15) is 25.4 Å². The molecular weight excluding hydrogens is 140 g/mol. The summed E-state index contributed by atoms with van der Waals surface area (Å²) >= 11 is 0. The van der Waals surface area contributed by atoms with Crippen molar-refractivity contribution < 1.29 is 4.74 Å². The average Bonchev–Trinajstić information content (AvgIpc) is 2.31. The maximum Gasteiger partial charge on any atom is 0.103 e. The Balaban J connectivity index is 2.39. The van der Waals surface area contributed by atoms with E-state index < -0.39 is 0 Å². The van der Waals surface area contributed by atoms with Crippen LogP contribution in [0, 0.1) is 6.92 Å². The average molecular weight is 154 g/mol. The van der Waals surface area contributed by atoms with Gasteiger partial charge in [-0.25, -0.2) is 4.98 Å². The molecule has 1 heterocycles. The Bertz CT molecular complexity index is 218. The normalized spacial score (nSPS) is 10.9. The van der Waals surface area contributed by atoms with Crippen molar-refractivity contribution >= 4 is 0 Å². The SMILES string of the molecule is Cc1ncc(COC(C)C)[nH]1. The minimum Gasteiger partial charge on any atom is -0.373 e. The molecule has 0 saturated heterocycles. The Labute approximate surface area is 66.8 Å². The summed E-state index contributed by atoms with van der Waals surface area (Å²) in [6.45, 7) is 6.59. The standard InChI is InChI=1S/C8H14N2O/c1-6(2)11-5-8-4-9-7(3)10-8/h4,6H,5H2,1-3H3,(H,9,10). The molecule has 0 amide bonds. The number of aromatic nitrogens is 2. The van der Waals surface area contributed by atoms with Crippen LogP contribution in [0.2, 0.25) is 0 Å². The highest BCUT2D eigenvalue weighted by atomic mass is 16.5. The van der Waals surface area contributed by atoms with Gasteiger partial charge in [0.15, 0.2) is 0 Å². The number of nitrogens with one attached hydrogen (secondary N) is 1. The molecule has 0 aliphatic heterocycles. The van der Waals surface area contributed by atoms with Crippen molar-refractivity contribution in [1.29, 1.82) is 0 Å². The first-order valence-corrected chi connectivity index (χ1v) is 3.80. The van der Waals surface area contributed by atoms with E-state index in [-0.39, 0.29) is 6.10 Å². The molecule has 1 aromatic rings. The topological polar surface area (TPSA) is 37.9 Å². The Kier molecular flexibility index (Phi) is 2.65. The van der Waals surface area contributed by atoms with E-state index in [4.69, 9.17) is 4.74 Å². The highest BCUT2D eigenvalue weighted by Crippen LogP contribution is 1.99. The second kappa shape index (κ2) is 3.53. The molecule has 0 aliphatic carbocycles. The van der Waals surface area contributed by atoms with Crippen LogP contribution in [0.4, 0.5) is 0 Å². The van der Waals surface area contributed by atoms with Gasteiger partial charge in [0.2, 0.25) is 0 Å². The first-order valence-electron chi connectivity index (χ1n) is 3.80. The molecular formula is C8H14N2O. The van der Waals surface area contributed by atoms with Crippen molar-refractivity contribution in [3.05, 3.63) is 17.7 Å². The number of H-pyrrole nitrogens is 1. The van der Waals surface area contributed by atoms with E-state index in [1.807, 2.05) is 20.8 Å². The highest BCUT2D eigenvalue weighted by molar-refractivity contribution is 4.97. The molecule has 0 fully saturated rings. The van der Waals surface area contributed by atoms with E-state index in [2.05, 4.69) is 9.97 Å². The summed E-state index contributed by atoms with van der Waals surface area (Å²) in [4.78, 5) is 7.15. The maximum absolute atomic E-state index is 5.37. The zero-order chi connectivity index (χ0) is 8.27. The van der Waals surface area contributed by atoms with Crippen molar-refractivity contribution in [1.82, 2.24) is 9.97 Å². The minimum absolute atomic E-state index is 0.276. The van der Waals surface area contributed by atoms with Crippen molar-refractivity contribution in [3.63, 3.8) is 0 Å². The van der Waals surface area contributed by atoms with Gasteiger partial charge in [0.1, 0.15) is 5.82 Å². The first kappa shape index (κ1) is 8.27. The fourth-order valence-corrected chi connectivity index (χ4v) is 0.801. The molecule has 1 aromatic heterocycles. The van der Waals surface area contributed by atoms with E-state index in [9.17, 15) is 0 Å². The molecule has 0 bridgehead atoms. The number of rotatable bonds is 3. The van der Waals surface area contributed by atoms with Gasteiger partial charge in [0.25, 0.3) is 0 Å². The molecule has 3 heteroatoms. The molecule has 62 valence electrons. The molecule has 1 rings (SSSR count). The van der Waals surface area contributed by atoms with E-state index in [1.165, 1.54) is 0 Å². The van der Waals surface area contributed by atoms with Crippen LogP contribution in [0.25, 0.3) is 0 Å². The fraction of sp³-hybridized carbons (Fsp3) is 0.625.